The van der Waals surface area contributed by atoms with Crippen molar-refractivity contribution < 1.29 is 5.11 Å². The highest BCUT2D eigenvalue weighted by molar-refractivity contribution is 5.58. The lowest BCUT2D eigenvalue weighted by Crippen LogP contribution is -2.37. The third-order valence-corrected chi connectivity index (χ3v) is 5.49. The number of aliphatic hydroxyl groups is 1. The zero-order valence-corrected chi connectivity index (χ0v) is 14.8. The Hall–Kier alpha value is -1.64. The Morgan fingerprint density at radius 2 is 1.92 bits per heavy atom. The molecule has 2 aliphatic heterocycles. The second-order valence-electron chi connectivity index (χ2n) is 7.36. The molecule has 0 amide bonds. The summed E-state index contributed by atoms with van der Waals surface area (Å²) < 4.78 is 0. The van der Waals surface area contributed by atoms with E-state index in [1.54, 1.807) is 0 Å². The van der Waals surface area contributed by atoms with Gasteiger partial charge in [-0.15, -0.1) is 0 Å². The van der Waals surface area contributed by atoms with Crippen molar-refractivity contribution in [3.05, 3.63) is 22.9 Å². The Morgan fingerprint density at radius 1 is 1.21 bits per heavy atom. The molecule has 130 valence electrons. The van der Waals surface area contributed by atoms with Gasteiger partial charge in [-0.3, -0.25) is 0 Å². The van der Waals surface area contributed by atoms with Crippen molar-refractivity contribution in [3.63, 3.8) is 0 Å². The zero-order valence-electron chi connectivity index (χ0n) is 14.8. The predicted molar refractivity (Wildman–Crippen MR) is 95.0 cm³/mol. The number of aliphatic hydroxyl groups excluding tert-OH is 1. The van der Waals surface area contributed by atoms with Crippen LogP contribution in [0.3, 0.4) is 0 Å². The number of nitriles is 1. The molecular weight excluding hydrogens is 300 g/mol. The van der Waals surface area contributed by atoms with E-state index in [4.69, 9.17) is 0 Å². The van der Waals surface area contributed by atoms with E-state index in [2.05, 4.69) is 20.9 Å². The Bertz CT molecular complexity index is 619. The Morgan fingerprint density at radius 3 is 2.58 bits per heavy atom. The minimum Gasteiger partial charge on any atom is -0.396 e. The molecule has 5 nitrogen and oxygen atoms in total. The van der Waals surface area contributed by atoms with E-state index in [1.165, 1.54) is 32.4 Å². The number of hydrogen-bond acceptors (Lipinski definition) is 5. The van der Waals surface area contributed by atoms with E-state index in [0.717, 1.165) is 36.7 Å². The van der Waals surface area contributed by atoms with E-state index in [9.17, 15) is 10.4 Å². The van der Waals surface area contributed by atoms with Crippen LogP contribution in [0, 0.1) is 37.0 Å². The van der Waals surface area contributed by atoms with Crippen molar-refractivity contribution in [2.45, 2.75) is 33.1 Å². The summed E-state index contributed by atoms with van der Waals surface area (Å²) >= 11 is 0. The van der Waals surface area contributed by atoms with E-state index in [0.29, 0.717) is 11.5 Å². The van der Waals surface area contributed by atoms with Gasteiger partial charge >= 0.3 is 0 Å². The Labute approximate surface area is 144 Å². The normalized spacial score (nSPS) is 25.0. The van der Waals surface area contributed by atoms with Crippen LogP contribution in [0.1, 0.15) is 36.1 Å². The lowest BCUT2D eigenvalue weighted by molar-refractivity contribution is 0.149. The molecule has 1 N–H and O–H groups in total. The van der Waals surface area contributed by atoms with Gasteiger partial charge < -0.3 is 14.9 Å². The quantitative estimate of drug-likeness (QED) is 0.917. The van der Waals surface area contributed by atoms with Crippen molar-refractivity contribution in [1.29, 1.82) is 5.26 Å². The summed E-state index contributed by atoms with van der Waals surface area (Å²) in [5.41, 5.74) is 2.61. The maximum atomic E-state index is 9.84. The van der Waals surface area contributed by atoms with Crippen molar-refractivity contribution in [2.24, 2.45) is 11.8 Å². The molecule has 3 rings (SSSR count). The molecule has 24 heavy (non-hydrogen) atoms. The lowest BCUT2D eigenvalue weighted by atomic mass is 9.95. The number of aryl methyl sites for hydroxylation is 2. The highest BCUT2D eigenvalue weighted by atomic mass is 16.3. The second kappa shape index (κ2) is 7.50. The summed E-state index contributed by atoms with van der Waals surface area (Å²) in [5.74, 6) is 1.51. The SMILES string of the molecule is Cc1cc(C)c(C#N)c(N2C[C@@H](CN3CCCCC3)[C@@H](CO)C2)n1. The van der Waals surface area contributed by atoms with Gasteiger partial charge in [-0.2, -0.15) is 5.26 Å². The molecule has 2 fully saturated rings. The van der Waals surface area contributed by atoms with Crippen LogP contribution in [0.15, 0.2) is 6.07 Å². The molecule has 0 radical (unpaired) electrons. The molecule has 0 saturated carbocycles. The van der Waals surface area contributed by atoms with Crippen LogP contribution in [-0.4, -0.2) is 54.3 Å². The summed E-state index contributed by atoms with van der Waals surface area (Å²) in [7, 11) is 0. The number of rotatable bonds is 4. The molecule has 0 unspecified atom stereocenters. The summed E-state index contributed by atoms with van der Waals surface area (Å²) in [5, 5.41) is 19.4. The fourth-order valence-corrected chi connectivity index (χ4v) is 4.18. The average Bonchev–Trinajstić information content (AvgIpc) is 2.98. The van der Waals surface area contributed by atoms with Crippen LogP contribution >= 0.6 is 0 Å². The summed E-state index contributed by atoms with van der Waals surface area (Å²) in [6, 6.07) is 4.29. The van der Waals surface area contributed by atoms with Gasteiger partial charge in [0.25, 0.3) is 0 Å². The van der Waals surface area contributed by atoms with Crippen LogP contribution in [0.5, 0.6) is 0 Å². The molecule has 1 aromatic rings. The van der Waals surface area contributed by atoms with Crippen LogP contribution in [0.4, 0.5) is 5.82 Å². The van der Waals surface area contributed by atoms with Crippen molar-refractivity contribution in [2.75, 3.05) is 44.2 Å². The van der Waals surface area contributed by atoms with E-state index < -0.39 is 0 Å². The molecule has 1 aromatic heterocycles. The molecule has 0 aliphatic carbocycles. The van der Waals surface area contributed by atoms with Gasteiger partial charge in [0.15, 0.2) is 0 Å². The standard InChI is InChI=1S/C19H28N4O/c1-14-8-15(2)21-19(18(14)9-20)23-11-16(17(12-23)13-24)10-22-6-4-3-5-7-22/h8,16-17,24H,3-7,10-13H2,1-2H3/t16-,17-/m1/s1. The first-order valence-corrected chi connectivity index (χ1v) is 9.09. The third-order valence-electron chi connectivity index (χ3n) is 5.49. The highest BCUT2D eigenvalue weighted by Gasteiger charge is 2.35. The highest BCUT2D eigenvalue weighted by Crippen LogP contribution is 2.31. The minimum absolute atomic E-state index is 0.210. The molecule has 2 atom stereocenters. The fourth-order valence-electron chi connectivity index (χ4n) is 4.18. The largest absolute Gasteiger partial charge is 0.396 e. The Kier molecular flexibility index (Phi) is 5.37. The fraction of sp³-hybridized carbons (Fsp3) is 0.684. The van der Waals surface area contributed by atoms with Gasteiger partial charge in [0, 0.05) is 37.9 Å². The van der Waals surface area contributed by atoms with Crippen LogP contribution in [0.2, 0.25) is 0 Å². The summed E-state index contributed by atoms with van der Waals surface area (Å²) in [4.78, 5) is 9.40. The molecule has 3 heterocycles. The van der Waals surface area contributed by atoms with Gasteiger partial charge in [0.2, 0.25) is 0 Å². The summed E-state index contributed by atoms with van der Waals surface area (Å²) in [6.45, 7) is 9.24. The molecule has 0 aromatic carbocycles. The first-order chi connectivity index (χ1) is 11.6. The van der Waals surface area contributed by atoms with Gasteiger partial charge in [-0.25, -0.2) is 4.98 Å². The maximum Gasteiger partial charge on any atom is 0.147 e. The Balaban J connectivity index is 1.78. The van der Waals surface area contributed by atoms with Crippen LogP contribution in [-0.2, 0) is 0 Å². The average molecular weight is 328 g/mol. The number of nitrogens with zero attached hydrogens (tertiary/aromatic N) is 4. The van der Waals surface area contributed by atoms with E-state index in [1.807, 2.05) is 19.9 Å². The van der Waals surface area contributed by atoms with Crippen LogP contribution in [0.25, 0.3) is 0 Å². The number of aromatic nitrogens is 1. The van der Waals surface area contributed by atoms with Crippen molar-refractivity contribution in [3.8, 4) is 6.07 Å². The monoisotopic (exact) mass is 328 g/mol. The topological polar surface area (TPSA) is 63.4 Å². The first kappa shape index (κ1) is 17.2. The molecule has 2 saturated heterocycles. The second-order valence-corrected chi connectivity index (χ2v) is 7.36. The third kappa shape index (κ3) is 3.55. The zero-order chi connectivity index (χ0) is 17.1. The van der Waals surface area contributed by atoms with Crippen molar-refractivity contribution >= 4 is 5.82 Å². The number of hydrogen-bond donors (Lipinski definition) is 1. The van der Waals surface area contributed by atoms with E-state index >= 15 is 0 Å². The predicted octanol–water partition coefficient (Wildman–Crippen LogP) is 2.10. The first-order valence-electron chi connectivity index (χ1n) is 9.09. The van der Waals surface area contributed by atoms with E-state index in [-0.39, 0.29) is 12.5 Å². The molecule has 5 heteroatoms. The maximum absolute atomic E-state index is 9.84. The van der Waals surface area contributed by atoms with Crippen molar-refractivity contribution in [1.82, 2.24) is 9.88 Å². The molecule has 2 aliphatic rings. The smallest absolute Gasteiger partial charge is 0.147 e. The number of anilines is 1. The van der Waals surface area contributed by atoms with Gasteiger partial charge in [-0.1, -0.05) is 6.42 Å². The van der Waals surface area contributed by atoms with Gasteiger partial charge in [0.05, 0.1) is 5.56 Å². The van der Waals surface area contributed by atoms with Gasteiger partial charge in [-0.05, 0) is 57.3 Å². The molecule has 0 bridgehead atoms. The number of pyridine rings is 1. The summed E-state index contributed by atoms with van der Waals surface area (Å²) in [6.07, 6.45) is 3.92. The lowest BCUT2D eigenvalue weighted by Gasteiger charge is -2.30. The minimum atomic E-state index is 0.210. The molecule has 0 spiro atoms. The number of likely N-dealkylation sites (tertiary alicyclic amines) is 1. The molecular formula is C19H28N4O. The number of piperidine rings is 1. The van der Waals surface area contributed by atoms with Gasteiger partial charge in [0.1, 0.15) is 11.9 Å². The van der Waals surface area contributed by atoms with Crippen LogP contribution < -0.4 is 4.90 Å².